The topological polar surface area (TPSA) is 73.3 Å². The minimum atomic E-state index is -2.62. The third-order valence-corrected chi connectivity index (χ3v) is 3.63. The summed E-state index contributed by atoms with van der Waals surface area (Å²) in [5.41, 5.74) is 0.553. The Balaban J connectivity index is 1.95. The van der Waals surface area contributed by atoms with E-state index < -0.39 is 12.0 Å². The Morgan fingerprint density at radius 2 is 2.22 bits per heavy atom. The summed E-state index contributed by atoms with van der Waals surface area (Å²) in [4.78, 5) is 20.1. The Morgan fingerprint density at radius 1 is 1.48 bits per heavy atom. The summed E-state index contributed by atoms with van der Waals surface area (Å²) in [6, 6.07) is 1.15. The van der Waals surface area contributed by atoms with Gasteiger partial charge in [0.15, 0.2) is 0 Å². The minimum absolute atomic E-state index is 0.0825. The van der Waals surface area contributed by atoms with Crippen LogP contribution >= 0.6 is 0 Å². The van der Waals surface area contributed by atoms with E-state index in [9.17, 15) is 13.6 Å². The van der Waals surface area contributed by atoms with Crippen LogP contribution in [0.25, 0.3) is 0 Å². The number of carbonyl (C=O) groups excluding carboxylic acids is 1. The number of amides is 1. The molecule has 1 aromatic heterocycles. The summed E-state index contributed by atoms with van der Waals surface area (Å²) in [7, 11) is 1.51. The number of methoxy groups -OCH3 is 1. The molecule has 1 heterocycles. The second-order valence-electron chi connectivity index (χ2n) is 5.62. The molecule has 1 aliphatic rings. The van der Waals surface area contributed by atoms with Gasteiger partial charge in [-0.15, -0.1) is 0 Å². The van der Waals surface area contributed by atoms with E-state index >= 15 is 0 Å². The molecule has 1 aliphatic carbocycles. The lowest BCUT2D eigenvalue weighted by atomic mass is 9.79. The van der Waals surface area contributed by atoms with Crippen LogP contribution in [0.5, 0.6) is 5.88 Å². The van der Waals surface area contributed by atoms with Crippen LogP contribution in [0.3, 0.4) is 0 Å². The number of hydrogen-bond acceptors (Lipinski definition) is 5. The van der Waals surface area contributed by atoms with Crippen molar-refractivity contribution in [2.75, 3.05) is 20.3 Å². The highest BCUT2D eigenvalue weighted by Gasteiger charge is 2.45. The normalized spacial score (nSPS) is 18.1. The van der Waals surface area contributed by atoms with Gasteiger partial charge >= 0.3 is 0 Å². The van der Waals surface area contributed by atoms with Gasteiger partial charge < -0.3 is 14.8 Å². The summed E-state index contributed by atoms with van der Waals surface area (Å²) in [6.45, 7) is 2.52. The fraction of sp³-hybridized carbons (Fsp3) is 0.667. The highest BCUT2D eigenvalue weighted by molar-refractivity contribution is 5.76. The summed E-state index contributed by atoms with van der Waals surface area (Å²) < 4.78 is 36.1. The van der Waals surface area contributed by atoms with Crippen LogP contribution in [-0.2, 0) is 9.53 Å². The summed E-state index contributed by atoms with van der Waals surface area (Å²) in [5, 5.41) is 2.78. The number of ether oxygens (including phenoxy) is 2. The SMILES string of the molecule is CCOc1cc(C(COC)NC(=O)CC2CC(F)(F)C2)ncn1. The zero-order chi connectivity index (χ0) is 16.9. The molecule has 1 fully saturated rings. The van der Waals surface area contributed by atoms with Crippen LogP contribution in [-0.4, -0.2) is 42.1 Å². The maximum atomic E-state index is 12.8. The molecule has 6 nitrogen and oxygen atoms in total. The van der Waals surface area contributed by atoms with Crippen LogP contribution in [0.4, 0.5) is 8.78 Å². The van der Waals surface area contributed by atoms with E-state index in [1.807, 2.05) is 6.92 Å². The molecule has 1 atom stereocenters. The van der Waals surface area contributed by atoms with Gasteiger partial charge in [-0.3, -0.25) is 4.79 Å². The number of aromatic nitrogens is 2. The largest absolute Gasteiger partial charge is 0.478 e. The first kappa shape index (κ1) is 17.5. The van der Waals surface area contributed by atoms with Crippen molar-refractivity contribution >= 4 is 5.91 Å². The first-order chi connectivity index (χ1) is 10.9. The van der Waals surface area contributed by atoms with Crippen molar-refractivity contribution in [2.45, 2.75) is 38.2 Å². The Bertz CT molecular complexity index is 534. The molecular formula is C15H21F2N3O3. The number of rotatable bonds is 8. The van der Waals surface area contributed by atoms with Gasteiger partial charge in [0.05, 0.1) is 24.9 Å². The predicted molar refractivity (Wildman–Crippen MR) is 78.2 cm³/mol. The molecule has 1 saturated carbocycles. The van der Waals surface area contributed by atoms with Crippen LogP contribution in [0.1, 0.15) is 37.9 Å². The molecule has 0 aliphatic heterocycles. The Morgan fingerprint density at radius 3 is 2.83 bits per heavy atom. The van der Waals surface area contributed by atoms with Crippen molar-refractivity contribution in [3.05, 3.63) is 18.1 Å². The van der Waals surface area contributed by atoms with Crippen molar-refractivity contribution in [3.8, 4) is 5.88 Å². The van der Waals surface area contributed by atoms with Gasteiger partial charge in [0.2, 0.25) is 17.7 Å². The maximum absolute atomic E-state index is 12.8. The third-order valence-electron chi connectivity index (χ3n) is 3.63. The monoisotopic (exact) mass is 329 g/mol. The first-order valence-corrected chi connectivity index (χ1v) is 7.54. The molecule has 1 aromatic rings. The minimum Gasteiger partial charge on any atom is -0.478 e. The number of carbonyl (C=O) groups is 1. The molecule has 0 radical (unpaired) electrons. The van der Waals surface area contributed by atoms with Crippen molar-refractivity contribution in [1.29, 1.82) is 0 Å². The van der Waals surface area contributed by atoms with E-state index in [2.05, 4.69) is 15.3 Å². The van der Waals surface area contributed by atoms with Gasteiger partial charge in [0.1, 0.15) is 6.33 Å². The number of alkyl halides is 2. The average molecular weight is 329 g/mol. The van der Waals surface area contributed by atoms with Crippen LogP contribution < -0.4 is 10.1 Å². The van der Waals surface area contributed by atoms with Gasteiger partial charge in [0.25, 0.3) is 0 Å². The molecule has 1 unspecified atom stereocenters. The van der Waals surface area contributed by atoms with Crippen molar-refractivity contribution < 1.29 is 23.0 Å². The fourth-order valence-electron chi connectivity index (χ4n) is 2.58. The highest BCUT2D eigenvalue weighted by atomic mass is 19.3. The molecule has 0 saturated heterocycles. The third kappa shape index (κ3) is 5.09. The van der Waals surface area contributed by atoms with Gasteiger partial charge in [-0.2, -0.15) is 0 Å². The van der Waals surface area contributed by atoms with E-state index in [0.29, 0.717) is 18.2 Å². The van der Waals surface area contributed by atoms with Crippen LogP contribution in [0.2, 0.25) is 0 Å². The molecule has 1 N–H and O–H groups in total. The quantitative estimate of drug-likeness (QED) is 0.791. The Kier molecular flexibility index (Phi) is 5.81. The average Bonchev–Trinajstić information content (AvgIpc) is 2.45. The molecule has 2 rings (SSSR count). The van der Waals surface area contributed by atoms with Gasteiger partial charge in [-0.25, -0.2) is 18.7 Å². The second-order valence-corrected chi connectivity index (χ2v) is 5.62. The molecule has 0 spiro atoms. The predicted octanol–water partition coefficient (Wildman–Crippen LogP) is 2.11. The van der Waals surface area contributed by atoms with Crippen molar-refractivity contribution in [1.82, 2.24) is 15.3 Å². The van der Waals surface area contributed by atoms with E-state index in [1.54, 1.807) is 6.07 Å². The van der Waals surface area contributed by atoms with E-state index in [1.165, 1.54) is 13.4 Å². The van der Waals surface area contributed by atoms with E-state index in [0.717, 1.165) is 0 Å². The number of nitrogens with one attached hydrogen (secondary N) is 1. The molecule has 0 aromatic carbocycles. The highest BCUT2D eigenvalue weighted by Crippen LogP contribution is 2.43. The lowest BCUT2D eigenvalue weighted by Crippen LogP contribution is -2.40. The fourth-order valence-corrected chi connectivity index (χ4v) is 2.58. The molecular weight excluding hydrogens is 308 g/mol. The maximum Gasteiger partial charge on any atom is 0.248 e. The Labute approximate surface area is 133 Å². The molecule has 128 valence electrons. The zero-order valence-corrected chi connectivity index (χ0v) is 13.2. The van der Waals surface area contributed by atoms with Crippen LogP contribution in [0, 0.1) is 5.92 Å². The number of halogens is 2. The van der Waals surface area contributed by atoms with E-state index in [4.69, 9.17) is 9.47 Å². The molecule has 0 bridgehead atoms. The van der Waals surface area contributed by atoms with Crippen molar-refractivity contribution in [2.24, 2.45) is 5.92 Å². The van der Waals surface area contributed by atoms with Crippen molar-refractivity contribution in [3.63, 3.8) is 0 Å². The van der Waals surface area contributed by atoms with Gasteiger partial charge in [0, 0.05) is 32.4 Å². The summed E-state index contributed by atoms with van der Waals surface area (Å²) in [5.74, 6) is -2.76. The second kappa shape index (κ2) is 7.63. The lowest BCUT2D eigenvalue weighted by molar-refractivity contribution is -0.134. The molecule has 8 heteroatoms. The smallest absolute Gasteiger partial charge is 0.248 e. The van der Waals surface area contributed by atoms with Gasteiger partial charge in [-0.05, 0) is 12.8 Å². The standard InChI is InChI=1S/C15H21F2N3O3/c1-3-23-14-5-11(18-9-19-14)12(8-22-2)20-13(21)4-10-6-15(16,17)7-10/h5,9-10,12H,3-4,6-8H2,1-2H3,(H,20,21). The summed E-state index contributed by atoms with van der Waals surface area (Å²) >= 11 is 0. The molecule has 1 amide bonds. The number of hydrogen-bond donors (Lipinski definition) is 1. The molecule has 23 heavy (non-hydrogen) atoms. The summed E-state index contributed by atoms with van der Waals surface area (Å²) in [6.07, 6.45) is 0.982. The lowest BCUT2D eigenvalue weighted by Gasteiger charge is -2.34. The van der Waals surface area contributed by atoms with Crippen LogP contribution in [0.15, 0.2) is 12.4 Å². The zero-order valence-electron chi connectivity index (χ0n) is 13.2. The van der Waals surface area contributed by atoms with Gasteiger partial charge in [-0.1, -0.05) is 0 Å². The Hall–Kier alpha value is -1.83. The first-order valence-electron chi connectivity index (χ1n) is 7.54. The van der Waals surface area contributed by atoms with E-state index in [-0.39, 0.29) is 37.7 Å². The number of nitrogens with zero attached hydrogens (tertiary/aromatic N) is 2.